The molecule has 1 aromatic carbocycles. The molecule has 88 valence electrons. The highest BCUT2D eigenvalue weighted by atomic mass is 127. The topological polar surface area (TPSA) is 9.23 Å². The lowest BCUT2D eigenvalue weighted by Crippen LogP contribution is -2.15. The number of benzene rings is 1. The Kier molecular flexibility index (Phi) is 4.95. The van der Waals surface area contributed by atoms with E-state index in [1.807, 2.05) is 6.07 Å². The molecule has 0 bridgehead atoms. The van der Waals surface area contributed by atoms with Gasteiger partial charge in [-0.15, -0.1) is 0 Å². The Morgan fingerprint density at radius 1 is 1.25 bits per heavy atom. The van der Waals surface area contributed by atoms with Crippen molar-refractivity contribution in [2.45, 2.75) is 32.1 Å². The van der Waals surface area contributed by atoms with E-state index in [1.54, 1.807) is 0 Å². The van der Waals surface area contributed by atoms with Crippen molar-refractivity contribution in [2.75, 3.05) is 6.61 Å². The summed E-state index contributed by atoms with van der Waals surface area (Å²) in [6.07, 6.45) is 6.85. The van der Waals surface area contributed by atoms with E-state index in [0.717, 1.165) is 22.7 Å². The molecule has 3 heteroatoms. The molecule has 1 aromatic rings. The van der Waals surface area contributed by atoms with Crippen LogP contribution in [0.3, 0.4) is 0 Å². The summed E-state index contributed by atoms with van der Waals surface area (Å²) in [6.45, 7) is 0.887. The normalized spacial score (nSPS) is 17.4. The van der Waals surface area contributed by atoms with Gasteiger partial charge in [0, 0.05) is 4.47 Å². The third kappa shape index (κ3) is 3.62. The summed E-state index contributed by atoms with van der Waals surface area (Å²) < 4.78 is 8.20. The number of ether oxygens (including phenoxy) is 1. The van der Waals surface area contributed by atoms with Crippen LogP contribution in [0.5, 0.6) is 5.75 Å². The third-order valence-electron chi connectivity index (χ3n) is 3.09. The van der Waals surface area contributed by atoms with Gasteiger partial charge in [-0.25, -0.2) is 0 Å². The maximum atomic E-state index is 5.90. The van der Waals surface area contributed by atoms with Crippen LogP contribution in [0.15, 0.2) is 22.7 Å². The molecule has 1 aliphatic rings. The van der Waals surface area contributed by atoms with Gasteiger partial charge in [0.05, 0.1) is 10.2 Å². The zero-order chi connectivity index (χ0) is 11.4. The molecule has 0 saturated heterocycles. The SMILES string of the molecule is Brc1ccc(OCC2CCCCC2)c(I)c1. The van der Waals surface area contributed by atoms with Crippen molar-refractivity contribution in [3.8, 4) is 5.75 Å². The summed E-state index contributed by atoms with van der Waals surface area (Å²) in [6, 6.07) is 6.18. The maximum absolute atomic E-state index is 5.90. The van der Waals surface area contributed by atoms with Crippen LogP contribution in [-0.4, -0.2) is 6.61 Å². The lowest BCUT2D eigenvalue weighted by atomic mass is 9.90. The lowest BCUT2D eigenvalue weighted by Gasteiger charge is -2.22. The van der Waals surface area contributed by atoms with Gasteiger partial charge in [0.15, 0.2) is 0 Å². The summed E-state index contributed by atoms with van der Waals surface area (Å²) in [5.41, 5.74) is 0. The molecule has 0 N–H and O–H groups in total. The van der Waals surface area contributed by atoms with E-state index >= 15 is 0 Å². The first kappa shape index (κ1) is 12.7. The predicted molar refractivity (Wildman–Crippen MR) is 78.9 cm³/mol. The monoisotopic (exact) mass is 394 g/mol. The van der Waals surface area contributed by atoms with Gasteiger partial charge in [-0.1, -0.05) is 35.2 Å². The molecule has 0 unspecified atom stereocenters. The first-order chi connectivity index (χ1) is 7.75. The molecule has 0 atom stereocenters. The van der Waals surface area contributed by atoms with Crippen molar-refractivity contribution < 1.29 is 4.74 Å². The number of halogens is 2. The lowest BCUT2D eigenvalue weighted by molar-refractivity contribution is 0.207. The minimum atomic E-state index is 0.771. The van der Waals surface area contributed by atoms with Crippen LogP contribution < -0.4 is 4.74 Å². The number of hydrogen-bond acceptors (Lipinski definition) is 1. The molecule has 1 fully saturated rings. The smallest absolute Gasteiger partial charge is 0.132 e. The van der Waals surface area contributed by atoms with Crippen molar-refractivity contribution in [2.24, 2.45) is 5.92 Å². The van der Waals surface area contributed by atoms with E-state index in [9.17, 15) is 0 Å². The summed E-state index contributed by atoms with van der Waals surface area (Å²) in [4.78, 5) is 0. The maximum Gasteiger partial charge on any atom is 0.132 e. The molecular formula is C13H16BrIO. The molecule has 0 aliphatic heterocycles. The first-order valence-corrected chi connectivity index (χ1v) is 7.71. The van der Waals surface area contributed by atoms with Crippen molar-refractivity contribution in [1.82, 2.24) is 0 Å². The van der Waals surface area contributed by atoms with Crippen LogP contribution >= 0.6 is 38.5 Å². The van der Waals surface area contributed by atoms with Crippen molar-refractivity contribution in [3.05, 3.63) is 26.2 Å². The fourth-order valence-corrected chi connectivity index (χ4v) is 3.61. The largest absolute Gasteiger partial charge is 0.492 e. The van der Waals surface area contributed by atoms with Crippen molar-refractivity contribution in [3.63, 3.8) is 0 Å². The molecule has 0 amide bonds. The summed E-state index contributed by atoms with van der Waals surface area (Å²) in [5, 5.41) is 0. The quantitative estimate of drug-likeness (QED) is 0.654. The Morgan fingerprint density at radius 2 is 2.00 bits per heavy atom. The van der Waals surface area contributed by atoms with E-state index in [-0.39, 0.29) is 0 Å². The second-order valence-corrected chi connectivity index (χ2v) is 6.47. The second kappa shape index (κ2) is 6.24. The van der Waals surface area contributed by atoms with Gasteiger partial charge in [-0.3, -0.25) is 0 Å². The Labute approximate surface area is 119 Å². The molecule has 2 rings (SSSR count). The Bertz CT molecular complexity index is 348. The zero-order valence-corrected chi connectivity index (χ0v) is 13.0. The van der Waals surface area contributed by atoms with Crippen LogP contribution in [0, 0.1) is 9.49 Å². The number of rotatable bonds is 3. The molecule has 0 radical (unpaired) electrons. The fraction of sp³-hybridized carbons (Fsp3) is 0.538. The molecule has 1 nitrogen and oxygen atoms in total. The molecule has 0 spiro atoms. The average molecular weight is 395 g/mol. The van der Waals surface area contributed by atoms with E-state index in [0.29, 0.717) is 0 Å². The first-order valence-electron chi connectivity index (χ1n) is 5.83. The fourth-order valence-electron chi connectivity index (χ4n) is 2.15. The zero-order valence-electron chi connectivity index (χ0n) is 9.22. The van der Waals surface area contributed by atoms with Crippen LogP contribution in [-0.2, 0) is 0 Å². The molecule has 0 heterocycles. The average Bonchev–Trinajstić information content (AvgIpc) is 2.29. The predicted octanol–water partition coefficient (Wildman–Crippen LogP) is 5.01. The minimum Gasteiger partial charge on any atom is -0.492 e. The highest BCUT2D eigenvalue weighted by Crippen LogP contribution is 2.28. The van der Waals surface area contributed by atoms with Crippen LogP contribution in [0.1, 0.15) is 32.1 Å². The summed E-state index contributed by atoms with van der Waals surface area (Å²) in [7, 11) is 0. The van der Waals surface area contributed by atoms with Crippen molar-refractivity contribution >= 4 is 38.5 Å². The highest BCUT2D eigenvalue weighted by Gasteiger charge is 2.14. The van der Waals surface area contributed by atoms with Gasteiger partial charge in [0.25, 0.3) is 0 Å². The van der Waals surface area contributed by atoms with Gasteiger partial charge in [0.1, 0.15) is 5.75 Å². The second-order valence-electron chi connectivity index (χ2n) is 4.39. The molecule has 1 saturated carbocycles. The molecule has 16 heavy (non-hydrogen) atoms. The highest BCUT2D eigenvalue weighted by molar-refractivity contribution is 14.1. The van der Waals surface area contributed by atoms with E-state index in [2.05, 4.69) is 50.7 Å². The minimum absolute atomic E-state index is 0.771. The van der Waals surface area contributed by atoms with Crippen LogP contribution in [0.4, 0.5) is 0 Å². The van der Waals surface area contributed by atoms with Crippen LogP contribution in [0.25, 0.3) is 0 Å². The van der Waals surface area contributed by atoms with Gasteiger partial charge in [-0.05, 0) is 59.5 Å². The van der Waals surface area contributed by atoms with Crippen molar-refractivity contribution in [1.29, 1.82) is 0 Å². The molecule has 1 aliphatic carbocycles. The third-order valence-corrected chi connectivity index (χ3v) is 4.43. The van der Waals surface area contributed by atoms with Gasteiger partial charge in [0.2, 0.25) is 0 Å². The standard InChI is InChI=1S/C13H16BrIO/c14-11-6-7-13(12(15)8-11)16-9-10-4-2-1-3-5-10/h6-8,10H,1-5,9H2. The Morgan fingerprint density at radius 3 is 2.69 bits per heavy atom. The molecule has 0 aromatic heterocycles. The van der Waals surface area contributed by atoms with E-state index in [4.69, 9.17) is 4.74 Å². The van der Waals surface area contributed by atoms with Gasteiger partial charge in [-0.2, -0.15) is 0 Å². The Hall–Kier alpha value is 0.230. The van der Waals surface area contributed by atoms with Crippen LogP contribution in [0.2, 0.25) is 0 Å². The summed E-state index contributed by atoms with van der Waals surface area (Å²) in [5.74, 6) is 1.79. The van der Waals surface area contributed by atoms with E-state index < -0.39 is 0 Å². The molecular weight excluding hydrogens is 379 g/mol. The van der Waals surface area contributed by atoms with Gasteiger partial charge < -0.3 is 4.74 Å². The van der Waals surface area contributed by atoms with E-state index in [1.165, 1.54) is 35.7 Å². The van der Waals surface area contributed by atoms with Gasteiger partial charge >= 0.3 is 0 Å². The Balaban J connectivity index is 1.88. The number of hydrogen-bond donors (Lipinski definition) is 0. The summed E-state index contributed by atoms with van der Waals surface area (Å²) >= 11 is 5.79.